The van der Waals surface area contributed by atoms with Crippen LogP contribution in [0.5, 0.6) is 0 Å². The van der Waals surface area contributed by atoms with E-state index in [1.54, 1.807) is 0 Å². The Hall–Kier alpha value is 0.297. The first-order chi connectivity index (χ1) is 7.24. The molecule has 15 heavy (non-hydrogen) atoms. The molecule has 0 saturated carbocycles. The van der Waals surface area contributed by atoms with Crippen molar-refractivity contribution in [2.75, 3.05) is 19.6 Å². The van der Waals surface area contributed by atoms with Gasteiger partial charge in [-0.3, -0.25) is 0 Å². The molecule has 0 atom stereocenters. The summed E-state index contributed by atoms with van der Waals surface area (Å²) in [7, 11) is 0. The van der Waals surface area contributed by atoms with Gasteiger partial charge in [0.2, 0.25) is 0 Å². The van der Waals surface area contributed by atoms with E-state index in [1.165, 1.54) is 56.0 Å². The quantitative estimate of drug-likeness (QED) is 0.410. The second-order valence-corrected chi connectivity index (χ2v) is 4.44. The molecule has 0 aliphatic rings. The molecule has 0 aromatic heterocycles. The molecule has 0 heterocycles. The molecule has 0 spiro atoms. The third kappa shape index (κ3) is 9.24. The monoisotopic (exact) mass is 203 g/mol. The number of hydrogen-bond donors (Lipinski definition) is 0. The van der Waals surface area contributed by atoms with Gasteiger partial charge in [-0.25, -0.2) is 0 Å². The second-order valence-electron chi connectivity index (χ2n) is 4.44. The number of nitrogens with zero attached hydrogens (tertiary/aromatic N) is 1. The summed E-state index contributed by atoms with van der Waals surface area (Å²) >= 11 is 2.21. The second kappa shape index (κ2) is 10.8. The van der Waals surface area contributed by atoms with Crippen LogP contribution >= 0.6 is 0 Å². The van der Waals surface area contributed by atoms with Crippen molar-refractivity contribution in [2.24, 2.45) is 0 Å². The predicted octanol–water partition coefficient (Wildman–Crippen LogP) is 3.42. The van der Waals surface area contributed by atoms with E-state index in [1.807, 2.05) is 0 Å². The molecule has 0 fully saturated rings. The number of hydrogen-bond acceptors (Lipinski definition) is 1. The van der Waals surface area contributed by atoms with Crippen LogP contribution in [-0.2, 0) is 0 Å². The Kier molecular flexibility index (Phi) is 11.0. The van der Waals surface area contributed by atoms with E-state index < -0.39 is 0 Å². The SMILES string of the molecule is [Li][CH2]/C=C(\C)CN(CCCC)CCCC. The predicted molar refractivity (Wildman–Crippen MR) is 70.6 cm³/mol. The molecule has 1 nitrogen and oxygen atoms in total. The van der Waals surface area contributed by atoms with Crippen molar-refractivity contribution < 1.29 is 0 Å². The maximum atomic E-state index is 2.61. The third-order valence-electron chi connectivity index (χ3n) is 2.68. The fourth-order valence-electron chi connectivity index (χ4n) is 1.80. The van der Waals surface area contributed by atoms with Crippen LogP contribution in [0.1, 0.15) is 46.5 Å². The molecular formula is C13H26LiN. The molecule has 0 bridgehead atoms. The van der Waals surface area contributed by atoms with Crippen LogP contribution in [-0.4, -0.2) is 42.2 Å². The van der Waals surface area contributed by atoms with E-state index in [9.17, 15) is 0 Å². The van der Waals surface area contributed by atoms with Crippen LogP contribution in [0, 0.1) is 0 Å². The third-order valence-corrected chi connectivity index (χ3v) is 2.68. The summed E-state index contributed by atoms with van der Waals surface area (Å²) in [5.41, 5.74) is 1.53. The Morgan fingerprint density at radius 2 is 1.67 bits per heavy atom. The standard InChI is InChI=1S/C13H26N.Li/c1-5-8-10-14(11-9-6-2)12-13(4)7-3;/h7H,3,5-6,8-12H2,1-2,4H3;/b13-7+;. The van der Waals surface area contributed by atoms with Gasteiger partial charge in [-0.15, -0.1) is 0 Å². The van der Waals surface area contributed by atoms with Crippen molar-refractivity contribution >= 4 is 17.7 Å². The molecule has 0 N–H and O–H groups in total. The van der Waals surface area contributed by atoms with Gasteiger partial charge >= 0.3 is 105 Å². The van der Waals surface area contributed by atoms with E-state index in [-0.39, 0.29) is 0 Å². The maximum absolute atomic E-state index is 2.61. The van der Waals surface area contributed by atoms with Gasteiger partial charge < -0.3 is 0 Å². The van der Waals surface area contributed by atoms with Gasteiger partial charge in [0, 0.05) is 0 Å². The van der Waals surface area contributed by atoms with Crippen LogP contribution in [0.4, 0.5) is 0 Å². The average molecular weight is 203 g/mol. The van der Waals surface area contributed by atoms with E-state index in [2.05, 4.69) is 49.5 Å². The fourth-order valence-corrected chi connectivity index (χ4v) is 1.80. The minimum absolute atomic E-state index is 1.17. The van der Waals surface area contributed by atoms with Gasteiger partial charge in [0.05, 0.1) is 0 Å². The molecule has 0 aliphatic carbocycles. The normalized spacial score (nSPS) is 12.5. The van der Waals surface area contributed by atoms with E-state index in [0.29, 0.717) is 0 Å². The van der Waals surface area contributed by atoms with Crippen molar-refractivity contribution in [3.05, 3.63) is 11.6 Å². The summed E-state index contributed by atoms with van der Waals surface area (Å²) < 4.78 is 0. The fraction of sp³-hybridized carbons (Fsp3) is 0.846. The minimum atomic E-state index is 1.17. The Bertz CT molecular complexity index is 158. The van der Waals surface area contributed by atoms with Crippen LogP contribution < -0.4 is 0 Å². The van der Waals surface area contributed by atoms with Crippen molar-refractivity contribution in [3.8, 4) is 0 Å². The number of unbranched alkanes of at least 4 members (excludes halogenated alkanes) is 2. The van der Waals surface area contributed by atoms with Crippen LogP contribution in [0.25, 0.3) is 0 Å². The zero-order valence-electron chi connectivity index (χ0n) is 11.2. The van der Waals surface area contributed by atoms with Crippen molar-refractivity contribution in [1.82, 2.24) is 4.90 Å². The summed E-state index contributed by atoms with van der Waals surface area (Å²) in [6.07, 6.45) is 7.63. The summed E-state index contributed by atoms with van der Waals surface area (Å²) in [4.78, 5) is 2.61. The molecule has 0 aliphatic heterocycles. The first-order valence-corrected chi connectivity index (χ1v) is 6.62. The molecule has 0 amide bonds. The molecule has 0 radical (unpaired) electrons. The van der Waals surface area contributed by atoms with Crippen LogP contribution in [0.3, 0.4) is 0 Å². The van der Waals surface area contributed by atoms with Crippen molar-refractivity contribution in [1.29, 1.82) is 0 Å². The molecule has 0 saturated heterocycles. The Labute approximate surface area is 106 Å². The molecule has 0 aromatic carbocycles. The Morgan fingerprint density at radius 3 is 2.07 bits per heavy atom. The molecule has 0 aromatic rings. The van der Waals surface area contributed by atoms with Gasteiger partial charge in [-0.05, 0) is 0 Å². The van der Waals surface area contributed by atoms with Gasteiger partial charge in [0.1, 0.15) is 0 Å². The molecule has 0 rings (SSSR count). The molecule has 84 valence electrons. The summed E-state index contributed by atoms with van der Waals surface area (Å²) in [5.74, 6) is 0. The number of rotatable bonds is 9. The van der Waals surface area contributed by atoms with Crippen molar-refractivity contribution in [2.45, 2.75) is 51.5 Å². The van der Waals surface area contributed by atoms with Gasteiger partial charge in [0.15, 0.2) is 0 Å². The zero-order valence-corrected chi connectivity index (χ0v) is 11.2. The molecule has 0 unspecified atom stereocenters. The van der Waals surface area contributed by atoms with E-state index in [0.717, 1.165) is 0 Å². The van der Waals surface area contributed by atoms with Gasteiger partial charge in [-0.1, -0.05) is 0 Å². The van der Waals surface area contributed by atoms with Crippen LogP contribution in [0.2, 0.25) is 5.09 Å². The Balaban J connectivity index is 3.92. The van der Waals surface area contributed by atoms with E-state index >= 15 is 0 Å². The number of allylic oxidation sites excluding steroid dienone is 1. The van der Waals surface area contributed by atoms with Crippen molar-refractivity contribution in [3.63, 3.8) is 0 Å². The summed E-state index contributed by atoms with van der Waals surface area (Å²) in [5, 5.41) is 1.17. The molecular weight excluding hydrogens is 177 g/mol. The summed E-state index contributed by atoms with van der Waals surface area (Å²) in [6.45, 7) is 10.5. The first-order valence-electron chi connectivity index (χ1n) is 6.62. The molecule has 2 heteroatoms. The van der Waals surface area contributed by atoms with Gasteiger partial charge in [-0.2, -0.15) is 0 Å². The Morgan fingerprint density at radius 1 is 1.13 bits per heavy atom. The first kappa shape index (κ1) is 15.3. The topological polar surface area (TPSA) is 3.24 Å². The van der Waals surface area contributed by atoms with E-state index in [4.69, 9.17) is 0 Å². The van der Waals surface area contributed by atoms with Gasteiger partial charge in [0.25, 0.3) is 0 Å². The average Bonchev–Trinajstić information content (AvgIpc) is 2.22. The summed E-state index contributed by atoms with van der Waals surface area (Å²) in [6, 6.07) is 0. The zero-order chi connectivity index (χ0) is 11.5. The van der Waals surface area contributed by atoms with Crippen LogP contribution in [0.15, 0.2) is 11.6 Å².